The first-order valence-electron chi connectivity index (χ1n) is 29.9. The highest BCUT2D eigenvalue weighted by molar-refractivity contribution is 8.76. The van der Waals surface area contributed by atoms with Crippen LogP contribution in [-0.2, 0) is 80.3 Å². The molecule has 500 valence electrons. The number of phenolic OH excluding ortho intramolecular Hbond substituents is 1. The molecule has 91 heavy (non-hydrogen) atoms. The number of oxime groups is 1. The first-order valence-corrected chi connectivity index (χ1v) is 32.4. The molecule has 0 aromatic heterocycles. The Hall–Kier alpha value is -8.55. The monoisotopic (exact) mass is 1310 g/mol. The van der Waals surface area contributed by atoms with Crippen molar-refractivity contribution < 1.29 is 76.7 Å². The molecule has 0 radical (unpaired) electrons. The van der Waals surface area contributed by atoms with Gasteiger partial charge in [0.1, 0.15) is 60.8 Å². The largest absolute Gasteiger partial charge is 0.508 e. The molecule has 4 rings (SSSR count). The smallest absolute Gasteiger partial charge is 0.260 e. The van der Waals surface area contributed by atoms with Crippen LogP contribution in [0.1, 0.15) is 115 Å². The molecule has 2 aliphatic heterocycles. The van der Waals surface area contributed by atoms with Crippen LogP contribution in [0.5, 0.6) is 5.75 Å². The molecule has 0 bridgehead atoms. The van der Waals surface area contributed by atoms with Crippen LogP contribution in [0.25, 0.3) is 0 Å². The van der Waals surface area contributed by atoms with Crippen molar-refractivity contribution in [2.24, 2.45) is 34.2 Å². The fraction of sp³-hybridized carbons (Fsp3) is 0.559. The molecule has 0 spiro atoms. The second-order valence-corrected chi connectivity index (χ2v) is 25.0. The van der Waals surface area contributed by atoms with E-state index >= 15 is 0 Å². The molecule has 13 amide bonds. The van der Waals surface area contributed by atoms with Crippen molar-refractivity contribution in [3.8, 4) is 5.75 Å². The van der Waals surface area contributed by atoms with E-state index in [1.807, 2.05) is 0 Å². The molecule has 0 aliphatic carbocycles. The number of amides is 13. The topological polar surface area (TPSA) is 453 Å². The van der Waals surface area contributed by atoms with E-state index in [4.69, 9.17) is 22.0 Å². The van der Waals surface area contributed by atoms with E-state index in [0.29, 0.717) is 42.4 Å². The summed E-state index contributed by atoms with van der Waals surface area (Å²) in [5.41, 5.74) is 17.9. The highest BCUT2D eigenvalue weighted by Crippen LogP contribution is 2.27. The number of unbranched alkanes of at least 4 members (excludes halogenated alkanes) is 2. The molecular formula is C59H85FN14O15S2. The maximum absolute atomic E-state index is 14.9. The van der Waals surface area contributed by atoms with Crippen LogP contribution in [-0.4, -0.2) is 179 Å². The van der Waals surface area contributed by atoms with E-state index in [1.165, 1.54) is 35.4 Å². The zero-order valence-electron chi connectivity index (χ0n) is 51.4. The third-order valence-electron chi connectivity index (χ3n) is 14.6. The summed E-state index contributed by atoms with van der Waals surface area (Å²) in [5, 5.41) is 37.2. The van der Waals surface area contributed by atoms with Gasteiger partial charge in [-0.05, 0) is 79.2 Å². The lowest BCUT2D eigenvalue weighted by molar-refractivity contribution is -0.142. The number of halogens is 1. The predicted octanol–water partition coefficient (Wildman–Crippen LogP) is -1.25. The molecule has 2 aromatic rings. The van der Waals surface area contributed by atoms with Gasteiger partial charge < -0.3 is 79.9 Å². The Labute approximate surface area is 534 Å². The Balaban J connectivity index is 1.67. The second kappa shape index (κ2) is 38.9. The maximum atomic E-state index is 14.9. The van der Waals surface area contributed by atoms with Gasteiger partial charge in [0.2, 0.25) is 70.9 Å². The van der Waals surface area contributed by atoms with Crippen molar-refractivity contribution in [3.63, 3.8) is 0 Å². The molecule has 0 saturated carbocycles. The summed E-state index contributed by atoms with van der Waals surface area (Å²) in [6.45, 7) is 5.65. The van der Waals surface area contributed by atoms with Crippen LogP contribution in [0.2, 0.25) is 0 Å². The molecule has 2 aliphatic rings. The summed E-state index contributed by atoms with van der Waals surface area (Å²) in [6, 6.07) is 0.475. The van der Waals surface area contributed by atoms with Gasteiger partial charge in [0.15, 0.2) is 6.61 Å². The van der Waals surface area contributed by atoms with Crippen molar-refractivity contribution in [3.05, 3.63) is 65.2 Å². The lowest BCUT2D eigenvalue weighted by Gasteiger charge is -2.31. The Kier molecular flexibility index (Phi) is 32.0. The van der Waals surface area contributed by atoms with Gasteiger partial charge in [0.05, 0.1) is 19.2 Å². The van der Waals surface area contributed by atoms with E-state index in [0.717, 1.165) is 21.6 Å². The Morgan fingerprint density at radius 1 is 0.747 bits per heavy atom. The van der Waals surface area contributed by atoms with Crippen molar-refractivity contribution in [1.82, 2.24) is 52.8 Å². The van der Waals surface area contributed by atoms with E-state index in [1.54, 1.807) is 52.0 Å². The number of nitrogens with two attached hydrogens (primary N) is 3. The van der Waals surface area contributed by atoms with Gasteiger partial charge >= 0.3 is 0 Å². The van der Waals surface area contributed by atoms with Gasteiger partial charge in [0, 0.05) is 43.9 Å². The quantitative estimate of drug-likeness (QED) is 0.0196. The Morgan fingerprint density at radius 3 is 2.04 bits per heavy atom. The van der Waals surface area contributed by atoms with Crippen LogP contribution < -0.4 is 65.1 Å². The lowest BCUT2D eigenvalue weighted by Crippen LogP contribution is -2.62. The van der Waals surface area contributed by atoms with Gasteiger partial charge in [0.25, 0.3) is 5.91 Å². The van der Waals surface area contributed by atoms with E-state index in [2.05, 4.69) is 53.0 Å². The fourth-order valence-electron chi connectivity index (χ4n) is 9.46. The molecule has 9 atom stereocenters. The minimum absolute atomic E-state index is 0.0157. The summed E-state index contributed by atoms with van der Waals surface area (Å²) in [5.74, 6) is -12.5. The van der Waals surface area contributed by atoms with Crippen LogP contribution in [0.15, 0.2) is 53.7 Å². The predicted molar refractivity (Wildman–Crippen MR) is 335 cm³/mol. The Bertz CT molecular complexity index is 2890. The number of nitrogens with zero attached hydrogens (tertiary/aromatic N) is 2. The van der Waals surface area contributed by atoms with Crippen molar-refractivity contribution >= 4 is 105 Å². The number of hydrogen-bond donors (Lipinski definition) is 13. The second-order valence-electron chi connectivity index (χ2n) is 22.5. The highest BCUT2D eigenvalue weighted by Gasteiger charge is 2.41. The number of rotatable bonds is 29. The summed E-state index contributed by atoms with van der Waals surface area (Å²) < 4.78 is 12.8. The van der Waals surface area contributed by atoms with E-state index in [9.17, 15) is 71.8 Å². The van der Waals surface area contributed by atoms with E-state index < -0.39 is 164 Å². The average Bonchev–Trinajstić information content (AvgIpc) is 1.91. The van der Waals surface area contributed by atoms with Gasteiger partial charge in [-0.15, -0.1) is 0 Å². The SMILES string of the molecule is CCC(C)[C@@H]1NC(=O)[C@H](Cc2ccc(O)cc2)NC(=O)[C@@H](NC(=O)CCCCCNC(=O)CO/N=C/c2ccc(CF)cc2)CSSC[C@@H](C(=O)N2CCC[C@H]2C(=O)N[C@@H](CC(C)C)C(=O)NCC(N)=O)NC(=O)[C@H](CC(N)=O)NC(=O)[C@H](CCC(N)=O)NC1=O. The lowest BCUT2D eigenvalue weighted by atomic mass is 9.96. The third-order valence-corrected chi connectivity index (χ3v) is 17.0. The normalized spacial score (nSPS) is 21.1. The number of nitrogens with one attached hydrogen (secondary N) is 9. The first-order chi connectivity index (χ1) is 43.3. The summed E-state index contributed by atoms with van der Waals surface area (Å²) >= 11 is 0. The Morgan fingerprint density at radius 2 is 1.40 bits per heavy atom. The molecule has 16 N–H and O–H groups in total. The van der Waals surface area contributed by atoms with Gasteiger partial charge in [-0.3, -0.25) is 62.3 Å². The third kappa shape index (κ3) is 26.8. The number of hydrogen-bond acceptors (Lipinski definition) is 18. The zero-order valence-corrected chi connectivity index (χ0v) is 53.0. The summed E-state index contributed by atoms with van der Waals surface area (Å²) in [4.78, 5) is 183. The van der Waals surface area contributed by atoms with Crippen molar-refractivity contribution in [1.29, 1.82) is 0 Å². The molecule has 29 nitrogen and oxygen atoms in total. The molecule has 32 heteroatoms. The van der Waals surface area contributed by atoms with Gasteiger partial charge in [-0.25, -0.2) is 4.39 Å². The summed E-state index contributed by atoms with van der Waals surface area (Å²) in [7, 11) is 1.90. The number of carbonyl (C=O) groups is 13. The number of benzene rings is 2. The van der Waals surface area contributed by atoms with Crippen LogP contribution in [0.4, 0.5) is 4.39 Å². The molecular weight excluding hydrogens is 1230 g/mol. The van der Waals surface area contributed by atoms with E-state index in [-0.39, 0.29) is 75.0 Å². The maximum Gasteiger partial charge on any atom is 0.260 e. The molecule has 2 heterocycles. The molecule has 1 unspecified atom stereocenters. The van der Waals surface area contributed by atoms with Gasteiger partial charge in [-0.2, -0.15) is 0 Å². The molecule has 2 fully saturated rings. The van der Waals surface area contributed by atoms with Crippen molar-refractivity contribution in [2.45, 2.75) is 160 Å². The standard InChI is InChI=1S/C59H85FN14O15S2/c1-5-34(4)51-58(87)68-39(20-21-46(61)76)53(82)70-42(26-47(62)77)54(83)72-44(59(88)74-23-9-10-45(74)57(86)71-40(24-33(2)3)52(81)65-29-48(63)78)32-91-90-31-43(56(85)69-41(55(84)73-51)25-35-16-18-38(75)19-17-35)67-49(79)11-7-6-8-22-64-50(80)30-89-66-28-37-14-12-36(27-60)13-15-37/h12-19,28,33-34,39-45,51,75H,5-11,20-27,29-32H2,1-4H3,(H2,61,76)(H2,62,77)(H2,63,78)(H,64,80)(H,65,81)(H,67,79)(H,68,87)(H,69,85)(H,70,82)(H,71,86)(H,72,83)(H,73,84)/b66-28+/t34?,39-,40-,41-,42-,43-,44-,45-,51-/m0/s1. The number of aromatic hydroxyl groups is 1. The summed E-state index contributed by atoms with van der Waals surface area (Å²) in [6.07, 6.45) is 1.27. The number of carbonyl (C=O) groups excluding carboxylic acids is 13. The van der Waals surface area contributed by atoms with Crippen LogP contribution >= 0.6 is 21.6 Å². The van der Waals surface area contributed by atoms with Crippen LogP contribution in [0.3, 0.4) is 0 Å². The molecule has 2 saturated heterocycles. The molecule has 2 aromatic carbocycles. The zero-order chi connectivity index (χ0) is 67.2. The van der Waals surface area contributed by atoms with Crippen molar-refractivity contribution in [2.75, 3.05) is 37.7 Å². The van der Waals surface area contributed by atoms with Gasteiger partial charge in [-0.1, -0.05) is 104 Å². The minimum atomic E-state index is -1.83. The average molecular weight is 1310 g/mol. The number of primary amides is 3. The number of likely N-dealkylation sites (tertiary alicyclic amines) is 1. The fourth-order valence-corrected chi connectivity index (χ4v) is 11.8. The number of alkyl halides is 1. The highest BCUT2D eigenvalue weighted by atomic mass is 33.1. The number of phenols is 1. The minimum Gasteiger partial charge on any atom is -0.508 e. The first kappa shape index (κ1) is 74.9. The van der Waals surface area contributed by atoms with Crippen LogP contribution in [0, 0.1) is 11.8 Å².